The maximum Gasteiger partial charge on any atom is 0.408 e. The largest absolute Gasteiger partial charge is 0.480 e. The molecule has 0 aromatic carbocycles. The van der Waals surface area contributed by atoms with E-state index in [1.807, 2.05) is 0 Å². The lowest BCUT2D eigenvalue weighted by Crippen LogP contribution is -2.61. The third kappa shape index (κ3) is 4.37. The number of amides is 1. The van der Waals surface area contributed by atoms with E-state index < -0.39 is 23.2 Å². The summed E-state index contributed by atoms with van der Waals surface area (Å²) >= 11 is 0. The van der Waals surface area contributed by atoms with E-state index >= 15 is 0 Å². The molecule has 0 aromatic heterocycles. The van der Waals surface area contributed by atoms with Crippen molar-refractivity contribution in [1.29, 1.82) is 0 Å². The molecule has 1 heterocycles. The van der Waals surface area contributed by atoms with Gasteiger partial charge in [0.2, 0.25) is 0 Å². The number of carbonyl (C=O) groups is 2. The predicted octanol–water partition coefficient (Wildman–Crippen LogP) is 1.84. The summed E-state index contributed by atoms with van der Waals surface area (Å²) in [4.78, 5) is 25.6. The molecule has 0 saturated carbocycles. The summed E-state index contributed by atoms with van der Waals surface area (Å²) in [6, 6.07) is 0.378. The minimum absolute atomic E-state index is 0.378. The molecule has 0 aliphatic carbocycles. The average Bonchev–Trinajstić information content (AvgIpc) is 2.26. The minimum atomic E-state index is -1.21. The van der Waals surface area contributed by atoms with Crippen molar-refractivity contribution in [3.8, 4) is 0 Å². The van der Waals surface area contributed by atoms with Gasteiger partial charge >= 0.3 is 12.1 Å². The molecule has 0 aromatic rings. The normalized spacial score (nSPS) is 19.7. The van der Waals surface area contributed by atoms with Gasteiger partial charge in [-0.15, -0.1) is 0 Å². The maximum absolute atomic E-state index is 11.8. The van der Waals surface area contributed by atoms with Gasteiger partial charge in [-0.2, -0.15) is 0 Å². The van der Waals surface area contributed by atoms with Crippen molar-refractivity contribution < 1.29 is 19.4 Å². The van der Waals surface area contributed by atoms with Crippen LogP contribution in [0.25, 0.3) is 0 Å². The minimum Gasteiger partial charge on any atom is -0.480 e. The molecule has 1 amide bonds. The number of hydrogen-bond donors (Lipinski definition) is 2. The van der Waals surface area contributed by atoms with Crippen LogP contribution in [0.15, 0.2) is 0 Å². The monoisotopic (exact) mass is 286 g/mol. The quantitative estimate of drug-likeness (QED) is 0.827. The number of carboxylic acids is 1. The number of piperidine rings is 1. The molecular weight excluding hydrogens is 260 g/mol. The van der Waals surface area contributed by atoms with Crippen molar-refractivity contribution in [1.82, 2.24) is 10.2 Å². The fourth-order valence-electron chi connectivity index (χ4n) is 2.31. The number of hydrogen-bond acceptors (Lipinski definition) is 4. The second kappa shape index (κ2) is 5.99. The van der Waals surface area contributed by atoms with Crippen molar-refractivity contribution in [2.24, 2.45) is 0 Å². The smallest absolute Gasteiger partial charge is 0.408 e. The molecule has 0 atom stereocenters. The lowest BCUT2D eigenvalue weighted by Gasteiger charge is -2.40. The molecule has 2 N–H and O–H groups in total. The highest BCUT2D eigenvalue weighted by molar-refractivity contribution is 5.84. The number of likely N-dealkylation sites (tertiary alicyclic amines) is 1. The van der Waals surface area contributed by atoms with Gasteiger partial charge in [0.1, 0.15) is 11.1 Å². The molecule has 1 aliphatic heterocycles. The number of carboxylic acid groups (broad SMARTS) is 1. The van der Waals surface area contributed by atoms with Crippen LogP contribution in [-0.2, 0) is 9.53 Å². The Morgan fingerprint density at radius 2 is 1.75 bits per heavy atom. The highest BCUT2D eigenvalue weighted by Gasteiger charge is 2.44. The Morgan fingerprint density at radius 1 is 1.25 bits per heavy atom. The van der Waals surface area contributed by atoms with Gasteiger partial charge in [-0.1, -0.05) is 0 Å². The second-order valence-electron chi connectivity index (χ2n) is 6.64. The Morgan fingerprint density at radius 3 is 2.10 bits per heavy atom. The first-order chi connectivity index (χ1) is 9.06. The zero-order valence-corrected chi connectivity index (χ0v) is 13.0. The van der Waals surface area contributed by atoms with Gasteiger partial charge in [-0.05, 0) is 47.5 Å². The average molecular weight is 286 g/mol. The van der Waals surface area contributed by atoms with Crippen LogP contribution < -0.4 is 5.32 Å². The molecule has 0 spiro atoms. The number of ether oxygens (including phenoxy) is 1. The van der Waals surface area contributed by atoms with Crippen LogP contribution in [0, 0.1) is 0 Å². The summed E-state index contributed by atoms with van der Waals surface area (Å²) in [6.45, 7) is 10.7. The fourth-order valence-corrected chi connectivity index (χ4v) is 2.31. The van der Waals surface area contributed by atoms with Crippen LogP contribution in [-0.4, -0.2) is 52.3 Å². The van der Waals surface area contributed by atoms with Crippen molar-refractivity contribution in [2.75, 3.05) is 13.1 Å². The van der Waals surface area contributed by atoms with Gasteiger partial charge in [0.25, 0.3) is 0 Å². The van der Waals surface area contributed by atoms with Crippen LogP contribution in [0.5, 0.6) is 0 Å². The van der Waals surface area contributed by atoms with Gasteiger partial charge < -0.3 is 20.1 Å². The van der Waals surface area contributed by atoms with E-state index in [1.165, 1.54) is 0 Å². The van der Waals surface area contributed by atoms with Crippen LogP contribution >= 0.6 is 0 Å². The molecule has 1 saturated heterocycles. The fraction of sp³-hybridized carbons (Fsp3) is 0.857. The number of nitrogens with zero attached hydrogens (tertiary/aromatic N) is 1. The molecular formula is C14H26N2O4. The molecule has 6 nitrogen and oxygen atoms in total. The first-order valence-electron chi connectivity index (χ1n) is 7.04. The number of rotatable bonds is 3. The third-order valence-corrected chi connectivity index (χ3v) is 3.53. The van der Waals surface area contributed by atoms with Gasteiger partial charge in [-0.3, -0.25) is 0 Å². The summed E-state index contributed by atoms with van der Waals surface area (Å²) in [6.07, 6.45) is 0.109. The highest BCUT2D eigenvalue weighted by Crippen LogP contribution is 2.24. The summed E-state index contributed by atoms with van der Waals surface area (Å²) in [5.41, 5.74) is -1.85. The van der Waals surface area contributed by atoms with Gasteiger partial charge in [-0.25, -0.2) is 9.59 Å². The SMILES string of the molecule is CC(C)N1CCC(NC(=O)OC(C)(C)C)(C(=O)O)CC1. The first kappa shape index (κ1) is 16.8. The number of alkyl carbamates (subject to hydrolysis) is 1. The summed E-state index contributed by atoms with van der Waals surface area (Å²) in [5, 5.41) is 12.0. The van der Waals surface area contributed by atoms with Crippen molar-refractivity contribution >= 4 is 12.1 Å². The number of nitrogens with one attached hydrogen (secondary N) is 1. The Kier molecular flexibility index (Phi) is 5.02. The molecule has 0 unspecified atom stereocenters. The predicted molar refractivity (Wildman–Crippen MR) is 75.7 cm³/mol. The van der Waals surface area contributed by atoms with Crippen LogP contribution in [0.3, 0.4) is 0 Å². The molecule has 20 heavy (non-hydrogen) atoms. The second-order valence-corrected chi connectivity index (χ2v) is 6.64. The third-order valence-electron chi connectivity index (χ3n) is 3.53. The van der Waals surface area contributed by atoms with E-state index in [-0.39, 0.29) is 0 Å². The molecule has 6 heteroatoms. The number of carbonyl (C=O) groups excluding carboxylic acids is 1. The zero-order chi connectivity index (χ0) is 15.6. The van der Waals surface area contributed by atoms with E-state index in [1.54, 1.807) is 20.8 Å². The van der Waals surface area contributed by atoms with Crippen LogP contribution in [0.2, 0.25) is 0 Å². The van der Waals surface area contributed by atoms with Crippen molar-refractivity contribution in [3.63, 3.8) is 0 Å². The Balaban J connectivity index is 2.71. The molecule has 1 rings (SSSR count). The van der Waals surface area contributed by atoms with Crippen molar-refractivity contribution in [3.05, 3.63) is 0 Å². The zero-order valence-electron chi connectivity index (χ0n) is 13.0. The van der Waals surface area contributed by atoms with Crippen LogP contribution in [0.1, 0.15) is 47.5 Å². The van der Waals surface area contributed by atoms with E-state index in [9.17, 15) is 14.7 Å². The van der Waals surface area contributed by atoms with Gasteiger partial charge in [0.05, 0.1) is 0 Å². The molecule has 0 bridgehead atoms. The van der Waals surface area contributed by atoms with E-state index in [2.05, 4.69) is 24.1 Å². The Hall–Kier alpha value is -1.30. The standard InChI is InChI=1S/C14H26N2O4/c1-10(2)16-8-6-14(7-9-16,11(17)18)15-12(19)20-13(3,4)5/h10H,6-9H2,1-5H3,(H,15,19)(H,17,18). The van der Waals surface area contributed by atoms with E-state index in [0.29, 0.717) is 32.0 Å². The van der Waals surface area contributed by atoms with Crippen LogP contribution in [0.4, 0.5) is 4.79 Å². The van der Waals surface area contributed by atoms with E-state index in [4.69, 9.17) is 4.74 Å². The highest BCUT2D eigenvalue weighted by atomic mass is 16.6. The lowest BCUT2D eigenvalue weighted by atomic mass is 9.87. The summed E-state index contributed by atoms with van der Waals surface area (Å²) < 4.78 is 5.16. The molecule has 1 aliphatic rings. The first-order valence-corrected chi connectivity index (χ1v) is 7.04. The maximum atomic E-state index is 11.8. The number of aliphatic carboxylic acids is 1. The van der Waals surface area contributed by atoms with Gasteiger partial charge in [0.15, 0.2) is 0 Å². The molecule has 0 radical (unpaired) electrons. The summed E-state index contributed by atoms with van der Waals surface area (Å²) in [5.74, 6) is -0.994. The topological polar surface area (TPSA) is 78.9 Å². The molecule has 1 fully saturated rings. The summed E-state index contributed by atoms with van der Waals surface area (Å²) in [7, 11) is 0. The van der Waals surface area contributed by atoms with Gasteiger partial charge in [0, 0.05) is 19.1 Å². The Bertz CT molecular complexity index is 366. The lowest BCUT2D eigenvalue weighted by molar-refractivity contribution is -0.147. The van der Waals surface area contributed by atoms with Crippen molar-refractivity contribution in [2.45, 2.75) is 64.6 Å². The van der Waals surface area contributed by atoms with E-state index in [0.717, 1.165) is 0 Å². The molecule has 116 valence electrons. The Labute approximate surface area is 120 Å².